The summed E-state index contributed by atoms with van der Waals surface area (Å²) < 4.78 is 41.8. The molecule has 9 heteroatoms. The maximum absolute atomic E-state index is 11.9. The van der Waals surface area contributed by atoms with Crippen molar-refractivity contribution >= 4 is 5.69 Å². The van der Waals surface area contributed by atoms with Crippen molar-refractivity contribution in [3.63, 3.8) is 0 Å². The number of nitrogen functional groups attached to an aromatic ring is 1. The van der Waals surface area contributed by atoms with Crippen LogP contribution in [0.3, 0.4) is 0 Å². The fourth-order valence-electron chi connectivity index (χ4n) is 1.44. The van der Waals surface area contributed by atoms with Crippen LogP contribution in [0.25, 0.3) is 0 Å². The van der Waals surface area contributed by atoms with Crippen molar-refractivity contribution in [1.29, 1.82) is 0 Å². The van der Waals surface area contributed by atoms with Gasteiger partial charge in [0.1, 0.15) is 19.0 Å². The highest BCUT2D eigenvalue weighted by Gasteiger charge is 2.27. The van der Waals surface area contributed by atoms with Crippen LogP contribution in [0.5, 0.6) is 0 Å². The third kappa shape index (κ3) is 4.12. The zero-order chi connectivity index (χ0) is 14.6. The second-order valence-corrected chi connectivity index (χ2v) is 3.89. The monoisotopic (exact) mass is 281 g/mol. The maximum Gasteiger partial charge on any atom is 0.411 e. The third-order valence-electron chi connectivity index (χ3n) is 2.21. The third-order valence-corrected chi connectivity index (χ3v) is 2.21. The summed E-state index contributed by atoms with van der Waals surface area (Å²) >= 11 is 0. The molecule has 6 nitrogen and oxygen atoms in total. The van der Waals surface area contributed by atoms with Crippen molar-refractivity contribution < 1.29 is 17.9 Å². The molecular formula is C10H14F3N3O3. The van der Waals surface area contributed by atoms with Crippen molar-refractivity contribution in [2.45, 2.75) is 32.8 Å². The van der Waals surface area contributed by atoms with Gasteiger partial charge < -0.3 is 10.5 Å². The summed E-state index contributed by atoms with van der Waals surface area (Å²) in [5.41, 5.74) is 3.58. The minimum Gasteiger partial charge on any atom is -0.393 e. The lowest BCUT2D eigenvalue weighted by Crippen LogP contribution is -2.41. The first-order chi connectivity index (χ1) is 8.76. The summed E-state index contributed by atoms with van der Waals surface area (Å²) in [6.45, 7) is -0.214. The Labute approximate surface area is 106 Å². The summed E-state index contributed by atoms with van der Waals surface area (Å²) in [4.78, 5) is 23.4. The van der Waals surface area contributed by atoms with Crippen LogP contribution in [0.15, 0.2) is 15.8 Å². The van der Waals surface area contributed by atoms with Gasteiger partial charge in [0.05, 0.1) is 0 Å². The highest BCUT2D eigenvalue weighted by Crippen LogP contribution is 2.14. The molecule has 0 unspecified atom stereocenters. The Morgan fingerprint density at radius 3 is 2.53 bits per heavy atom. The number of hydrogen-bond acceptors (Lipinski definition) is 4. The van der Waals surface area contributed by atoms with Gasteiger partial charge in [-0.25, -0.2) is 9.36 Å². The normalized spacial score (nSPS) is 11.8. The molecule has 0 spiro atoms. The standard InChI is InChI=1S/C10H14F3N3O3/c1-2-3-15-4-7(14)8(17)16(9(15)18)6-19-5-10(11,12)13/h4H,2-3,5-6,14H2,1H3. The average molecular weight is 281 g/mol. The molecule has 0 aromatic carbocycles. The summed E-state index contributed by atoms with van der Waals surface area (Å²) in [7, 11) is 0. The molecule has 1 aromatic rings. The van der Waals surface area contributed by atoms with E-state index in [0.717, 1.165) is 4.57 Å². The van der Waals surface area contributed by atoms with Gasteiger partial charge in [-0.1, -0.05) is 6.92 Å². The van der Waals surface area contributed by atoms with Crippen molar-refractivity contribution in [2.75, 3.05) is 12.3 Å². The Morgan fingerprint density at radius 1 is 1.37 bits per heavy atom. The maximum atomic E-state index is 11.9. The largest absolute Gasteiger partial charge is 0.411 e. The van der Waals surface area contributed by atoms with E-state index in [1.807, 2.05) is 0 Å². The van der Waals surface area contributed by atoms with E-state index in [-0.39, 0.29) is 5.69 Å². The van der Waals surface area contributed by atoms with Gasteiger partial charge in [-0.15, -0.1) is 0 Å². The number of nitrogens with two attached hydrogens (primary N) is 1. The molecule has 1 rings (SSSR count). The lowest BCUT2D eigenvalue weighted by atomic mass is 10.4. The minimum atomic E-state index is -4.52. The Kier molecular flexibility index (Phi) is 4.76. The van der Waals surface area contributed by atoms with E-state index < -0.39 is 30.8 Å². The lowest BCUT2D eigenvalue weighted by molar-refractivity contribution is -0.182. The predicted octanol–water partition coefficient (Wildman–Crippen LogP) is 0.539. The van der Waals surface area contributed by atoms with E-state index in [1.165, 1.54) is 6.20 Å². The van der Waals surface area contributed by atoms with E-state index in [1.54, 1.807) is 6.92 Å². The summed E-state index contributed by atoms with van der Waals surface area (Å²) in [5.74, 6) is 0. The number of aryl methyl sites for hydroxylation is 1. The SMILES string of the molecule is CCCn1cc(N)c(=O)n(COCC(F)(F)F)c1=O. The zero-order valence-electron chi connectivity index (χ0n) is 10.2. The Morgan fingerprint density at radius 2 is 2.00 bits per heavy atom. The van der Waals surface area contributed by atoms with Gasteiger partial charge in [0.15, 0.2) is 0 Å². The number of rotatable bonds is 5. The smallest absolute Gasteiger partial charge is 0.393 e. The Hall–Kier alpha value is -1.77. The molecule has 1 heterocycles. The Balaban J connectivity index is 2.99. The van der Waals surface area contributed by atoms with Gasteiger partial charge in [0, 0.05) is 12.7 Å². The lowest BCUT2D eigenvalue weighted by Gasteiger charge is -2.12. The molecule has 0 saturated heterocycles. The summed E-state index contributed by atoms with van der Waals surface area (Å²) in [5, 5.41) is 0. The van der Waals surface area contributed by atoms with Crippen LogP contribution in [-0.2, 0) is 18.0 Å². The van der Waals surface area contributed by atoms with Crippen molar-refractivity contribution in [2.24, 2.45) is 0 Å². The topological polar surface area (TPSA) is 79.2 Å². The van der Waals surface area contributed by atoms with Crippen LogP contribution in [0.1, 0.15) is 13.3 Å². The molecule has 0 fully saturated rings. The van der Waals surface area contributed by atoms with E-state index in [4.69, 9.17) is 5.73 Å². The number of nitrogens with zero attached hydrogens (tertiary/aromatic N) is 2. The van der Waals surface area contributed by atoms with Gasteiger partial charge in [0.25, 0.3) is 5.56 Å². The van der Waals surface area contributed by atoms with Crippen LogP contribution < -0.4 is 17.0 Å². The molecular weight excluding hydrogens is 267 g/mol. The second kappa shape index (κ2) is 5.91. The fraction of sp³-hybridized carbons (Fsp3) is 0.600. The zero-order valence-corrected chi connectivity index (χ0v) is 10.2. The van der Waals surface area contributed by atoms with Crippen LogP contribution in [0.4, 0.5) is 18.9 Å². The number of ether oxygens (including phenoxy) is 1. The van der Waals surface area contributed by atoms with Crippen molar-refractivity contribution in [3.8, 4) is 0 Å². The molecule has 0 aliphatic heterocycles. The number of anilines is 1. The molecule has 0 amide bonds. The predicted molar refractivity (Wildman–Crippen MR) is 61.7 cm³/mol. The molecule has 0 aliphatic carbocycles. The van der Waals surface area contributed by atoms with Crippen LogP contribution in [0, 0.1) is 0 Å². The van der Waals surface area contributed by atoms with Crippen LogP contribution in [-0.4, -0.2) is 21.9 Å². The quantitative estimate of drug-likeness (QED) is 0.854. The van der Waals surface area contributed by atoms with Gasteiger partial charge in [0.2, 0.25) is 0 Å². The first-order valence-corrected chi connectivity index (χ1v) is 5.50. The summed E-state index contributed by atoms with van der Waals surface area (Å²) in [6.07, 6.45) is -2.73. The highest BCUT2D eigenvalue weighted by atomic mass is 19.4. The molecule has 19 heavy (non-hydrogen) atoms. The number of aromatic nitrogens is 2. The molecule has 1 aromatic heterocycles. The molecule has 0 saturated carbocycles. The minimum absolute atomic E-state index is 0.219. The molecule has 0 radical (unpaired) electrons. The summed E-state index contributed by atoms with van der Waals surface area (Å²) in [6, 6.07) is 0. The number of hydrogen-bond donors (Lipinski definition) is 1. The Bertz CT molecular complexity index is 548. The molecule has 0 atom stereocenters. The molecule has 0 aliphatic rings. The average Bonchev–Trinajstić information content (AvgIpc) is 2.29. The van der Waals surface area contributed by atoms with Gasteiger partial charge in [-0.05, 0) is 6.42 Å². The molecule has 2 N–H and O–H groups in total. The van der Waals surface area contributed by atoms with Gasteiger partial charge >= 0.3 is 11.9 Å². The first-order valence-electron chi connectivity index (χ1n) is 5.50. The number of alkyl halides is 3. The van der Waals surface area contributed by atoms with Crippen molar-refractivity contribution in [3.05, 3.63) is 27.0 Å². The van der Waals surface area contributed by atoms with Gasteiger partial charge in [-0.3, -0.25) is 9.36 Å². The van der Waals surface area contributed by atoms with Crippen LogP contribution >= 0.6 is 0 Å². The van der Waals surface area contributed by atoms with Crippen molar-refractivity contribution in [1.82, 2.24) is 9.13 Å². The molecule has 108 valence electrons. The van der Waals surface area contributed by atoms with Crippen LogP contribution in [0.2, 0.25) is 0 Å². The van der Waals surface area contributed by atoms with Gasteiger partial charge in [-0.2, -0.15) is 13.2 Å². The highest BCUT2D eigenvalue weighted by molar-refractivity contribution is 5.30. The number of halogens is 3. The van der Waals surface area contributed by atoms with E-state index in [9.17, 15) is 22.8 Å². The molecule has 0 bridgehead atoms. The van der Waals surface area contributed by atoms with E-state index >= 15 is 0 Å². The fourth-order valence-corrected chi connectivity index (χ4v) is 1.44. The second-order valence-electron chi connectivity index (χ2n) is 3.89. The first kappa shape index (κ1) is 15.3. The van der Waals surface area contributed by atoms with E-state index in [0.29, 0.717) is 17.5 Å². The van der Waals surface area contributed by atoms with E-state index in [2.05, 4.69) is 4.74 Å².